The van der Waals surface area contributed by atoms with E-state index in [4.69, 9.17) is 5.11 Å². The number of urea groups is 1. The van der Waals surface area contributed by atoms with Crippen molar-refractivity contribution in [2.45, 2.75) is 32.7 Å². The summed E-state index contributed by atoms with van der Waals surface area (Å²) in [6.45, 7) is 4.30. The largest absolute Gasteiger partial charge is 0.481 e. The molecule has 0 heterocycles. The molecule has 1 N–H and O–H groups in total. The number of carboxylic acid groups (broad SMARTS) is 1. The SMILES string of the molecule is CC(C)N(CCCC(=O)O)C(=O)N(C)c1ccccc1. The van der Waals surface area contributed by atoms with Crippen LogP contribution in [0.1, 0.15) is 26.7 Å². The Morgan fingerprint density at radius 1 is 1.20 bits per heavy atom. The van der Waals surface area contributed by atoms with Crippen molar-refractivity contribution >= 4 is 17.7 Å². The Morgan fingerprint density at radius 3 is 2.30 bits per heavy atom. The normalized spacial score (nSPS) is 10.4. The number of carbonyl (C=O) groups is 2. The van der Waals surface area contributed by atoms with Crippen LogP contribution in [-0.4, -0.2) is 41.6 Å². The Bertz CT molecular complexity index is 446. The van der Waals surface area contributed by atoms with E-state index in [9.17, 15) is 9.59 Å². The van der Waals surface area contributed by atoms with Crippen LogP contribution in [0.3, 0.4) is 0 Å². The average Bonchev–Trinajstić information content (AvgIpc) is 2.42. The second kappa shape index (κ2) is 7.53. The Morgan fingerprint density at radius 2 is 1.80 bits per heavy atom. The van der Waals surface area contributed by atoms with Crippen molar-refractivity contribution in [3.05, 3.63) is 30.3 Å². The minimum absolute atomic E-state index is 0.0301. The average molecular weight is 278 g/mol. The summed E-state index contributed by atoms with van der Waals surface area (Å²) in [6, 6.07) is 9.31. The predicted octanol–water partition coefficient (Wildman–Crippen LogP) is 2.82. The number of rotatable bonds is 6. The highest BCUT2D eigenvalue weighted by atomic mass is 16.4. The van der Waals surface area contributed by atoms with E-state index in [-0.39, 0.29) is 18.5 Å². The molecule has 20 heavy (non-hydrogen) atoms. The predicted molar refractivity (Wildman–Crippen MR) is 79.0 cm³/mol. The van der Waals surface area contributed by atoms with Gasteiger partial charge in [0.05, 0.1) is 0 Å². The molecule has 1 aromatic rings. The second-order valence-corrected chi connectivity index (χ2v) is 4.96. The van der Waals surface area contributed by atoms with Gasteiger partial charge in [0.15, 0.2) is 0 Å². The highest BCUT2D eigenvalue weighted by molar-refractivity contribution is 5.91. The lowest BCUT2D eigenvalue weighted by Crippen LogP contribution is -2.45. The summed E-state index contributed by atoms with van der Waals surface area (Å²) in [4.78, 5) is 26.3. The van der Waals surface area contributed by atoms with Gasteiger partial charge in [-0.25, -0.2) is 4.79 Å². The number of hydrogen-bond donors (Lipinski definition) is 1. The van der Waals surface area contributed by atoms with Gasteiger partial charge >= 0.3 is 12.0 Å². The third-order valence-electron chi connectivity index (χ3n) is 3.09. The van der Waals surface area contributed by atoms with Crippen LogP contribution < -0.4 is 4.90 Å². The Balaban J connectivity index is 2.71. The molecule has 0 bridgehead atoms. The van der Waals surface area contributed by atoms with Gasteiger partial charge in [-0.15, -0.1) is 0 Å². The number of carbonyl (C=O) groups excluding carboxylic acids is 1. The molecule has 0 radical (unpaired) electrons. The summed E-state index contributed by atoms with van der Waals surface area (Å²) in [5.74, 6) is -0.836. The van der Waals surface area contributed by atoms with Crippen molar-refractivity contribution in [3.8, 4) is 0 Å². The van der Waals surface area contributed by atoms with E-state index in [1.807, 2.05) is 44.2 Å². The fourth-order valence-electron chi connectivity index (χ4n) is 1.93. The number of hydrogen-bond acceptors (Lipinski definition) is 2. The zero-order valence-corrected chi connectivity index (χ0v) is 12.2. The molecule has 0 saturated carbocycles. The summed E-state index contributed by atoms with van der Waals surface area (Å²) in [7, 11) is 1.73. The van der Waals surface area contributed by atoms with Crippen LogP contribution in [0, 0.1) is 0 Å². The Kier molecular flexibility index (Phi) is 6.03. The summed E-state index contributed by atoms with van der Waals surface area (Å²) in [6.07, 6.45) is 0.535. The van der Waals surface area contributed by atoms with E-state index in [0.29, 0.717) is 13.0 Å². The first-order chi connectivity index (χ1) is 9.43. The molecule has 0 fully saturated rings. The number of benzene rings is 1. The topological polar surface area (TPSA) is 60.9 Å². The summed E-state index contributed by atoms with van der Waals surface area (Å²) in [5, 5.41) is 8.68. The summed E-state index contributed by atoms with van der Waals surface area (Å²) < 4.78 is 0. The standard InChI is InChI=1S/C15H22N2O3/c1-12(2)17(11-7-10-14(18)19)15(20)16(3)13-8-5-4-6-9-13/h4-6,8-9,12H,7,10-11H2,1-3H3,(H,18,19). The first-order valence-electron chi connectivity index (χ1n) is 6.74. The molecule has 1 rings (SSSR count). The highest BCUT2D eigenvalue weighted by Gasteiger charge is 2.21. The second-order valence-electron chi connectivity index (χ2n) is 4.96. The molecular weight excluding hydrogens is 256 g/mol. The first-order valence-corrected chi connectivity index (χ1v) is 6.74. The van der Waals surface area contributed by atoms with Crippen LogP contribution in [0.2, 0.25) is 0 Å². The van der Waals surface area contributed by atoms with Crippen LogP contribution in [0.5, 0.6) is 0 Å². The van der Waals surface area contributed by atoms with Crippen molar-refractivity contribution in [1.82, 2.24) is 4.90 Å². The quantitative estimate of drug-likeness (QED) is 0.870. The Hall–Kier alpha value is -2.04. The number of para-hydroxylation sites is 1. The maximum absolute atomic E-state index is 12.5. The van der Waals surface area contributed by atoms with Gasteiger partial charge in [0.1, 0.15) is 0 Å². The molecule has 110 valence electrons. The number of anilines is 1. The lowest BCUT2D eigenvalue weighted by atomic mass is 10.2. The first kappa shape index (κ1) is 16.0. The van der Waals surface area contributed by atoms with Gasteiger partial charge < -0.3 is 10.0 Å². The molecular formula is C15H22N2O3. The van der Waals surface area contributed by atoms with Gasteiger partial charge in [0.25, 0.3) is 0 Å². The molecule has 5 nitrogen and oxygen atoms in total. The molecule has 0 saturated heterocycles. The molecule has 0 unspecified atom stereocenters. The lowest BCUT2D eigenvalue weighted by Gasteiger charge is -2.31. The molecule has 2 amide bonds. The maximum Gasteiger partial charge on any atom is 0.324 e. The van der Waals surface area contributed by atoms with E-state index in [1.54, 1.807) is 16.8 Å². The van der Waals surface area contributed by atoms with Crippen LogP contribution in [-0.2, 0) is 4.79 Å². The van der Waals surface area contributed by atoms with Crippen molar-refractivity contribution in [2.75, 3.05) is 18.5 Å². The third kappa shape index (κ3) is 4.57. The molecule has 0 aliphatic heterocycles. The molecule has 5 heteroatoms. The number of nitrogens with zero attached hydrogens (tertiary/aromatic N) is 2. The van der Waals surface area contributed by atoms with Crippen molar-refractivity contribution < 1.29 is 14.7 Å². The molecule has 0 aliphatic carbocycles. The van der Waals surface area contributed by atoms with E-state index in [1.165, 1.54) is 0 Å². The van der Waals surface area contributed by atoms with Gasteiger partial charge in [-0.05, 0) is 32.4 Å². The number of carboxylic acids is 1. The molecule has 1 aromatic carbocycles. The van der Waals surface area contributed by atoms with Crippen molar-refractivity contribution in [1.29, 1.82) is 0 Å². The number of aliphatic carboxylic acids is 1. The molecule has 0 atom stereocenters. The van der Waals surface area contributed by atoms with Gasteiger partial charge in [0.2, 0.25) is 0 Å². The number of amides is 2. The maximum atomic E-state index is 12.5. The van der Waals surface area contributed by atoms with Gasteiger partial charge in [-0.1, -0.05) is 18.2 Å². The van der Waals surface area contributed by atoms with Gasteiger partial charge in [-0.3, -0.25) is 9.69 Å². The van der Waals surface area contributed by atoms with E-state index < -0.39 is 5.97 Å². The van der Waals surface area contributed by atoms with Gasteiger partial charge in [-0.2, -0.15) is 0 Å². The van der Waals surface area contributed by atoms with Gasteiger partial charge in [0, 0.05) is 31.7 Å². The third-order valence-corrected chi connectivity index (χ3v) is 3.09. The fraction of sp³-hybridized carbons (Fsp3) is 0.467. The highest BCUT2D eigenvalue weighted by Crippen LogP contribution is 2.15. The van der Waals surface area contributed by atoms with Crippen LogP contribution in [0.25, 0.3) is 0 Å². The van der Waals surface area contributed by atoms with Crippen LogP contribution >= 0.6 is 0 Å². The van der Waals surface area contributed by atoms with Crippen LogP contribution in [0.4, 0.5) is 10.5 Å². The van der Waals surface area contributed by atoms with Crippen molar-refractivity contribution in [2.24, 2.45) is 0 Å². The summed E-state index contributed by atoms with van der Waals surface area (Å²) >= 11 is 0. The smallest absolute Gasteiger partial charge is 0.324 e. The minimum atomic E-state index is -0.836. The van der Waals surface area contributed by atoms with E-state index in [2.05, 4.69) is 0 Å². The van der Waals surface area contributed by atoms with Crippen molar-refractivity contribution in [3.63, 3.8) is 0 Å². The van der Waals surface area contributed by atoms with E-state index in [0.717, 1.165) is 5.69 Å². The molecule has 0 aromatic heterocycles. The monoisotopic (exact) mass is 278 g/mol. The lowest BCUT2D eigenvalue weighted by molar-refractivity contribution is -0.137. The fourth-order valence-corrected chi connectivity index (χ4v) is 1.93. The summed E-state index contributed by atoms with van der Waals surface area (Å²) in [5.41, 5.74) is 0.821. The molecule has 0 aliphatic rings. The Labute approximate surface area is 119 Å². The zero-order chi connectivity index (χ0) is 15.1. The van der Waals surface area contributed by atoms with E-state index >= 15 is 0 Å². The minimum Gasteiger partial charge on any atom is -0.481 e. The zero-order valence-electron chi connectivity index (χ0n) is 12.2. The molecule has 0 spiro atoms. The van der Waals surface area contributed by atoms with Crippen LogP contribution in [0.15, 0.2) is 30.3 Å².